The smallest absolute Gasteiger partial charge is 0.223 e. The highest BCUT2D eigenvalue weighted by atomic mass is 16.5. The molecule has 160 valence electrons. The van der Waals surface area contributed by atoms with Crippen LogP contribution in [0, 0.1) is 5.92 Å². The molecule has 1 atom stereocenters. The number of nitrogens with one attached hydrogen (secondary N) is 1. The summed E-state index contributed by atoms with van der Waals surface area (Å²) >= 11 is 0. The van der Waals surface area contributed by atoms with E-state index in [1.807, 2.05) is 24.3 Å². The van der Waals surface area contributed by atoms with Gasteiger partial charge in [0.05, 0.1) is 13.2 Å². The number of carbonyl (C=O) groups is 1. The van der Waals surface area contributed by atoms with E-state index in [1.165, 1.54) is 5.56 Å². The zero-order valence-corrected chi connectivity index (χ0v) is 18.2. The number of rotatable bonds is 5. The van der Waals surface area contributed by atoms with Crippen molar-refractivity contribution in [3.8, 4) is 11.5 Å². The van der Waals surface area contributed by atoms with Gasteiger partial charge in [-0.25, -0.2) is 0 Å². The van der Waals surface area contributed by atoms with E-state index >= 15 is 0 Å². The molecule has 1 N–H and O–H groups in total. The van der Waals surface area contributed by atoms with E-state index in [1.54, 1.807) is 7.11 Å². The molecule has 2 aliphatic heterocycles. The van der Waals surface area contributed by atoms with Gasteiger partial charge in [0, 0.05) is 24.4 Å². The molecule has 2 heterocycles. The molecule has 0 spiro atoms. The molecule has 0 aromatic heterocycles. The maximum Gasteiger partial charge on any atom is 0.223 e. The van der Waals surface area contributed by atoms with E-state index in [4.69, 9.17) is 9.47 Å². The van der Waals surface area contributed by atoms with Gasteiger partial charge in [-0.15, -0.1) is 0 Å². The van der Waals surface area contributed by atoms with Crippen molar-refractivity contribution in [2.75, 3.05) is 20.2 Å². The second-order valence-electron chi connectivity index (χ2n) is 9.07. The van der Waals surface area contributed by atoms with Crippen LogP contribution in [-0.2, 0) is 11.3 Å². The lowest BCUT2D eigenvalue weighted by Crippen LogP contribution is -2.45. The van der Waals surface area contributed by atoms with Gasteiger partial charge in [0.15, 0.2) is 0 Å². The highest BCUT2D eigenvalue weighted by Gasteiger charge is 2.36. The predicted molar refractivity (Wildman–Crippen MR) is 118 cm³/mol. The monoisotopic (exact) mass is 408 g/mol. The minimum atomic E-state index is -0.321. The van der Waals surface area contributed by atoms with Crippen LogP contribution in [0.3, 0.4) is 0 Å². The van der Waals surface area contributed by atoms with E-state index < -0.39 is 0 Å². The first-order valence-corrected chi connectivity index (χ1v) is 10.9. The third-order valence-electron chi connectivity index (χ3n) is 6.20. The molecule has 1 amide bonds. The van der Waals surface area contributed by atoms with E-state index in [0.29, 0.717) is 0 Å². The van der Waals surface area contributed by atoms with Crippen LogP contribution in [0.15, 0.2) is 48.5 Å². The number of piperidine rings is 1. The maximum absolute atomic E-state index is 13.1. The lowest BCUT2D eigenvalue weighted by atomic mass is 9.88. The Labute approximate surface area is 179 Å². The van der Waals surface area contributed by atoms with Crippen LogP contribution in [0.4, 0.5) is 0 Å². The van der Waals surface area contributed by atoms with E-state index in [-0.39, 0.29) is 23.5 Å². The third kappa shape index (κ3) is 4.78. The highest BCUT2D eigenvalue weighted by molar-refractivity contribution is 5.79. The Hall–Kier alpha value is -2.53. The fourth-order valence-corrected chi connectivity index (χ4v) is 4.57. The molecular formula is C25H32N2O3. The Morgan fingerprint density at radius 3 is 2.60 bits per heavy atom. The van der Waals surface area contributed by atoms with Crippen LogP contribution in [0.5, 0.6) is 11.5 Å². The van der Waals surface area contributed by atoms with E-state index in [9.17, 15) is 4.79 Å². The number of carbonyl (C=O) groups excluding carboxylic acids is 1. The molecule has 2 aliphatic rings. The normalized spacial score (nSPS) is 21.4. The number of likely N-dealkylation sites (tertiary alicyclic amines) is 1. The quantitative estimate of drug-likeness (QED) is 0.800. The van der Waals surface area contributed by atoms with Gasteiger partial charge in [-0.1, -0.05) is 30.3 Å². The summed E-state index contributed by atoms with van der Waals surface area (Å²) in [6.45, 7) is 7.01. The van der Waals surface area contributed by atoms with Gasteiger partial charge in [-0.2, -0.15) is 0 Å². The first-order valence-electron chi connectivity index (χ1n) is 10.9. The molecular weight excluding hydrogens is 376 g/mol. The topological polar surface area (TPSA) is 50.8 Å². The zero-order valence-electron chi connectivity index (χ0n) is 18.2. The molecule has 2 aromatic rings. The molecule has 0 unspecified atom stereocenters. The summed E-state index contributed by atoms with van der Waals surface area (Å²) in [5.41, 5.74) is 2.01. The van der Waals surface area contributed by atoms with Crippen LogP contribution in [0.25, 0.3) is 0 Å². The van der Waals surface area contributed by atoms with E-state index in [2.05, 4.69) is 48.3 Å². The summed E-state index contributed by atoms with van der Waals surface area (Å²) in [7, 11) is 1.66. The van der Waals surface area contributed by atoms with Crippen molar-refractivity contribution in [3.05, 3.63) is 59.7 Å². The zero-order chi connectivity index (χ0) is 21.1. The summed E-state index contributed by atoms with van der Waals surface area (Å²) in [5.74, 6) is 1.84. The van der Waals surface area contributed by atoms with Crippen molar-refractivity contribution in [1.29, 1.82) is 0 Å². The highest BCUT2D eigenvalue weighted by Crippen LogP contribution is 2.41. The molecule has 2 aromatic carbocycles. The second kappa shape index (κ2) is 8.68. The summed E-state index contributed by atoms with van der Waals surface area (Å²) in [4.78, 5) is 15.5. The van der Waals surface area contributed by atoms with Crippen LogP contribution in [-0.4, -0.2) is 36.6 Å². The molecule has 4 rings (SSSR count). The Morgan fingerprint density at radius 2 is 1.90 bits per heavy atom. The molecule has 5 nitrogen and oxygen atoms in total. The van der Waals surface area contributed by atoms with Gasteiger partial charge in [0.25, 0.3) is 0 Å². The Kier molecular flexibility index (Phi) is 6.00. The van der Waals surface area contributed by atoms with Crippen molar-refractivity contribution < 1.29 is 14.3 Å². The number of nitrogens with zero attached hydrogens (tertiary/aromatic N) is 1. The van der Waals surface area contributed by atoms with E-state index in [0.717, 1.165) is 56.0 Å². The van der Waals surface area contributed by atoms with Gasteiger partial charge in [-0.05, 0) is 63.5 Å². The summed E-state index contributed by atoms with van der Waals surface area (Å²) in [6.07, 6.45) is 2.54. The van der Waals surface area contributed by atoms with Crippen LogP contribution < -0.4 is 14.8 Å². The van der Waals surface area contributed by atoms with Crippen molar-refractivity contribution >= 4 is 5.91 Å². The average molecular weight is 409 g/mol. The Balaban J connectivity index is 1.38. The molecule has 0 aliphatic carbocycles. The first kappa shape index (κ1) is 20.7. The van der Waals surface area contributed by atoms with Crippen LogP contribution in [0.1, 0.15) is 50.3 Å². The molecule has 0 radical (unpaired) electrons. The molecule has 0 saturated carbocycles. The molecule has 1 fully saturated rings. The minimum Gasteiger partial charge on any atom is -0.497 e. The van der Waals surface area contributed by atoms with Gasteiger partial charge < -0.3 is 14.8 Å². The first-order chi connectivity index (χ1) is 14.4. The number of fused-ring (bicyclic) bond motifs is 1. The molecule has 30 heavy (non-hydrogen) atoms. The maximum atomic E-state index is 13.1. The number of methoxy groups -OCH3 is 1. The van der Waals surface area contributed by atoms with Crippen LogP contribution >= 0.6 is 0 Å². The number of hydrogen-bond acceptors (Lipinski definition) is 4. The van der Waals surface area contributed by atoms with Gasteiger partial charge in [-0.3, -0.25) is 9.69 Å². The summed E-state index contributed by atoms with van der Waals surface area (Å²) in [6, 6.07) is 16.3. The lowest BCUT2D eigenvalue weighted by Gasteiger charge is -2.39. The second-order valence-corrected chi connectivity index (χ2v) is 9.07. The average Bonchev–Trinajstić information content (AvgIpc) is 2.74. The fourth-order valence-electron chi connectivity index (χ4n) is 4.57. The number of hydrogen-bond donors (Lipinski definition) is 1. The fraction of sp³-hybridized carbons (Fsp3) is 0.480. The van der Waals surface area contributed by atoms with Gasteiger partial charge >= 0.3 is 0 Å². The predicted octanol–water partition coefficient (Wildman–Crippen LogP) is 4.33. The Bertz CT molecular complexity index is 873. The largest absolute Gasteiger partial charge is 0.497 e. The molecule has 1 saturated heterocycles. The Morgan fingerprint density at radius 1 is 1.17 bits per heavy atom. The third-order valence-corrected chi connectivity index (χ3v) is 6.20. The number of ether oxygens (including phenoxy) is 2. The number of benzene rings is 2. The lowest BCUT2D eigenvalue weighted by molar-refractivity contribution is -0.127. The summed E-state index contributed by atoms with van der Waals surface area (Å²) < 4.78 is 11.5. The van der Waals surface area contributed by atoms with Crippen molar-refractivity contribution in [1.82, 2.24) is 10.2 Å². The van der Waals surface area contributed by atoms with Crippen LogP contribution in [0.2, 0.25) is 0 Å². The van der Waals surface area contributed by atoms with Crippen molar-refractivity contribution in [3.63, 3.8) is 0 Å². The minimum absolute atomic E-state index is 0.0614. The molecule has 0 bridgehead atoms. The van der Waals surface area contributed by atoms with Gasteiger partial charge in [0.2, 0.25) is 5.91 Å². The van der Waals surface area contributed by atoms with Crippen molar-refractivity contribution in [2.24, 2.45) is 5.92 Å². The van der Waals surface area contributed by atoms with Crippen molar-refractivity contribution in [2.45, 2.75) is 51.3 Å². The summed E-state index contributed by atoms with van der Waals surface area (Å²) in [5, 5.41) is 3.32. The van der Waals surface area contributed by atoms with Gasteiger partial charge in [0.1, 0.15) is 17.1 Å². The SMILES string of the molecule is COc1ccc2c(c1)[C@@H](NC(=O)C1CCN(Cc3ccccc3)CC1)CC(C)(C)O2. The standard InChI is InChI=1S/C25H32N2O3/c1-25(2)16-22(21-15-20(29-3)9-10-23(21)30-25)26-24(28)19-11-13-27(14-12-19)17-18-7-5-4-6-8-18/h4-10,15,19,22H,11-14,16-17H2,1-3H3,(H,26,28)/t22-/m0/s1. The molecule has 5 heteroatoms. The number of amides is 1.